The average molecular weight is 191 g/mol. The van der Waals surface area contributed by atoms with Crippen LogP contribution in [-0.2, 0) is 0 Å². The lowest BCUT2D eigenvalue weighted by atomic mass is 10.0. The Balaban J connectivity index is 2.37. The maximum Gasteiger partial charge on any atom is 0.0535 e. The third-order valence-electron chi connectivity index (χ3n) is 2.71. The van der Waals surface area contributed by atoms with Crippen molar-refractivity contribution in [1.29, 1.82) is 0 Å². The lowest BCUT2D eigenvalue weighted by Gasteiger charge is -2.23. The number of fused-ring (bicyclic) bond motifs is 1. The van der Waals surface area contributed by atoms with Gasteiger partial charge in [-0.05, 0) is 32.1 Å². The van der Waals surface area contributed by atoms with Gasteiger partial charge in [0.25, 0.3) is 0 Å². The molecule has 3 nitrogen and oxygen atoms in total. The number of hydrazine groups is 1. The first kappa shape index (κ1) is 9.49. The highest BCUT2D eigenvalue weighted by Crippen LogP contribution is 2.29. The van der Waals surface area contributed by atoms with Crippen molar-refractivity contribution < 1.29 is 0 Å². The van der Waals surface area contributed by atoms with E-state index in [1.807, 2.05) is 0 Å². The Kier molecular flexibility index (Phi) is 2.70. The first-order valence-electron chi connectivity index (χ1n) is 5.03. The summed E-state index contributed by atoms with van der Waals surface area (Å²) in [6.45, 7) is 0.998. The predicted octanol–water partition coefficient (Wildman–Crippen LogP) is 1.61. The number of nitrogens with one attached hydrogen (secondary N) is 2. The highest BCUT2D eigenvalue weighted by atomic mass is 15.4. The summed E-state index contributed by atoms with van der Waals surface area (Å²) >= 11 is 0. The lowest BCUT2D eigenvalue weighted by molar-refractivity contribution is 0.287. The van der Waals surface area contributed by atoms with Gasteiger partial charge in [-0.3, -0.25) is 0 Å². The summed E-state index contributed by atoms with van der Waals surface area (Å²) in [5, 5.41) is 0. The Labute approximate surface area is 85.1 Å². The van der Waals surface area contributed by atoms with E-state index in [-0.39, 0.29) is 0 Å². The zero-order valence-corrected chi connectivity index (χ0v) is 8.75. The Morgan fingerprint density at radius 3 is 2.86 bits per heavy atom. The standard InChI is InChI=1S/C11H17N3/c1-14(2)11-7-8-12-13-10-6-4-3-5-9(10)11/h3-6,11-13H,7-8H2,1-2H3. The quantitative estimate of drug-likeness (QED) is 0.706. The molecule has 1 heterocycles. The highest BCUT2D eigenvalue weighted by Gasteiger charge is 2.19. The molecule has 1 aromatic rings. The van der Waals surface area contributed by atoms with Gasteiger partial charge in [-0.2, -0.15) is 0 Å². The predicted molar refractivity (Wildman–Crippen MR) is 59.1 cm³/mol. The topological polar surface area (TPSA) is 27.3 Å². The normalized spacial score (nSPS) is 21.2. The van der Waals surface area contributed by atoms with E-state index in [1.165, 1.54) is 11.3 Å². The van der Waals surface area contributed by atoms with E-state index in [1.54, 1.807) is 0 Å². The van der Waals surface area contributed by atoms with Crippen LogP contribution in [0.15, 0.2) is 24.3 Å². The molecule has 1 aliphatic rings. The Morgan fingerprint density at radius 2 is 2.07 bits per heavy atom. The van der Waals surface area contributed by atoms with Crippen molar-refractivity contribution in [2.24, 2.45) is 0 Å². The molecular formula is C11H17N3. The fraction of sp³-hybridized carbons (Fsp3) is 0.455. The molecule has 0 spiro atoms. The summed E-state index contributed by atoms with van der Waals surface area (Å²) in [5.41, 5.74) is 9.02. The molecule has 0 amide bonds. The smallest absolute Gasteiger partial charge is 0.0535 e. The fourth-order valence-electron chi connectivity index (χ4n) is 1.96. The molecule has 3 heteroatoms. The van der Waals surface area contributed by atoms with E-state index < -0.39 is 0 Å². The molecule has 0 bridgehead atoms. The van der Waals surface area contributed by atoms with Gasteiger partial charge < -0.3 is 10.3 Å². The maximum atomic E-state index is 3.23. The van der Waals surface area contributed by atoms with Crippen LogP contribution in [-0.4, -0.2) is 25.5 Å². The second-order valence-corrected chi connectivity index (χ2v) is 3.91. The number of anilines is 1. The van der Waals surface area contributed by atoms with Crippen LogP contribution >= 0.6 is 0 Å². The molecule has 76 valence electrons. The molecule has 0 saturated carbocycles. The number of hydrogen-bond donors (Lipinski definition) is 2. The zero-order chi connectivity index (χ0) is 9.97. The molecule has 0 aromatic heterocycles. The van der Waals surface area contributed by atoms with Crippen molar-refractivity contribution in [1.82, 2.24) is 10.3 Å². The van der Waals surface area contributed by atoms with Crippen molar-refractivity contribution in [3.05, 3.63) is 29.8 Å². The number of nitrogens with zero attached hydrogens (tertiary/aromatic N) is 1. The van der Waals surface area contributed by atoms with Gasteiger partial charge in [-0.15, -0.1) is 0 Å². The summed E-state index contributed by atoms with van der Waals surface area (Å²) in [6, 6.07) is 8.98. The summed E-state index contributed by atoms with van der Waals surface area (Å²) in [6.07, 6.45) is 1.14. The molecule has 0 fully saturated rings. The Bertz CT molecular complexity index is 309. The molecule has 2 N–H and O–H groups in total. The third kappa shape index (κ3) is 1.74. The molecular weight excluding hydrogens is 174 g/mol. The van der Waals surface area contributed by atoms with Gasteiger partial charge in [-0.25, -0.2) is 5.43 Å². The third-order valence-corrected chi connectivity index (χ3v) is 2.71. The van der Waals surface area contributed by atoms with Crippen molar-refractivity contribution >= 4 is 5.69 Å². The maximum absolute atomic E-state index is 3.23. The van der Waals surface area contributed by atoms with Crippen LogP contribution in [0.2, 0.25) is 0 Å². The van der Waals surface area contributed by atoms with Gasteiger partial charge in [0.2, 0.25) is 0 Å². The lowest BCUT2D eigenvalue weighted by Crippen LogP contribution is -2.23. The van der Waals surface area contributed by atoms with Crippen LogP contribution < -0.4 is 10.9 Å². The molecule has 2 rings (SSSR count). The number of benzene rings is 1. The Morgan fingerprint density at radius 1 is 1.29 bits per heavy atom. The van der Waals surface area contributed by atoms with Crippen LogP contribution in [0.1, 0.15) is 18.0 Å². The van der Waals surface area contributed by atoms with E-state index in [0.29, 0.717) is 6.04 Å². The zero-order valence-electron chi connectivity index (χ0n) is 8.75. The average Bonchev–Trinajstić information content (AvgIpc) is 2.39. The molecule has 0 saturated heterocycles. The summed E-state index contributed by atoms with van der Waals surface area (Å²) in [5.74, 6) is 0. The van der Waals surface area contributed by atoms with Crippen molar-refractivity contribution in [3.63, 3.8) is 0 Å². The second kappa shape index (κ2) is 3.98. The molecule has 0 aliphatic carbocycles. The number of para-hydroxylation sites is 1. The van der Waals surface area contributed by atoms with E-state index >= 15 is 0 Å². The van der Waals surface area contributed by atoms with Gasteiger partial charge in [0.05, 0.1) is 5.69 Å². The van der Waals surface area contributed by atoms with Gasteiger partial charge in [0.1, 0.15) is 0 Å². The number of rotatable bonds is 1. The van der Waals surface area contributed by atoms with E-state index in [0.717, 1.165) is 13.0 Å². The van der Waals surface area contributed by atoms with Crippen LogP contribution in [0, 0.1) is 0 Å². The first-order chi connectivity index (χ1) is 6.79. The van der Waals surface area contributed by atoms with Gasteiger partial charge in [0, 0.05) is 12.6 Å². The second-order valence-electron chi connectivity index (χ2n) is 3.91. The molecule has 1 aliphatic heterocycles. The van der Waals surface area contributed by atoms with Crippen molar-refractivity contribution in [2.45, 2.75) is 12.5 Å². The largest absolute Gasteiger partial charge is 0.321 e. The van der Waals surface area contributed by atoms with E-state index in [4.69, 9.17) is 0 Å². The first-order valence-corrected chi connectivity index (χ1v) is 5.03. The van der Waals surface area contributed by atoms with Crippen LogP contribution in [0.5, 0.6) is 0 Å². The van der Waals surface area contributed by atoms with Crippen LogP contribution in [0.3, 0.4) is 0 Å². The number of hydrogen-bond acceptors (Lipinski definition) is 3. The minimum atomic E-state index is 0.508. The van der Waals surface area contributed by atoms with Crippen LogP contribution in [0.25, 0.3) is 0 Å². The van der Waals surface area contributed by atoms with Crippen molar-refractivity contribution in [3.8, 4) is 0 Å². The van der Waals surface area contributed by atoms with Crippen molar-refractivity contribution in [2.75, 3.05) is 26.1 Å². The van der Waals surface area contributed by atoms with Gasteiger partial charge in [0.15, 0.2) is 0 Å². The molecule has 14 heavy (non-hydrogen) atoms. The summed E-state index contributed by atoms with van der Waals surface area (Å²) in [4.78, 5) is 2.27. The minimum Gasteiger partial charge on any atom is -0.321 e. The van der Waals surface area contributed by atoms with E-state index in [9.17, 15) is 0 Å². The Hall–Kier alpha value is -1.06. The molecule has 0 radical (unpaired) electrons. The SMILES string of the molecule is CN(C)C1CCNNc2ccccc21. The molecule has 1 aromatic carbocycles. The highest BCUT2D eigenvalue weighted by molar-refractivity contribution is 5.52. The monoisotopic (exact) mass is 191 g/mol. The fourth-order valence-corrected chi connectivity index (χ4v) is 1.96. The molecule has 1 unspecified atom stereocenters. The van der Waals surface area contributed by atoms with Gasteiger partial charge in [-0.1, -0.05) is 18.2 Å². The minimum absolute atomic E-state index is 0.508. The summed E-state index contributed by atoms with van der Waals surface area (Å²) in [7, 11) is 4.26. The van der Waals surface area contributed by atoms with Gasteiger partial charge >= 0.3 is 0 Å². The van der Waals surface area contributed by atoms with E-state index in [2.05, 4.69) is 54.1 Å². The summed E-state index contributed by atoms with van der Waals surface area (Å²) < 4.78 is 0. The molecule has 1 atom stereocenters. The van der Waals surface area contributed by atoms with Crippen LogP contribution in [0.4, 0.5) is 5.69 Å².